The number of Topliss-reactive ketones (excluding diaryl/α,β-unsaturated/α-hetero) is 2. The summed E-state index contributed by atoms with van der Waals surface area (Å²) in [6.45, 7) is 5.92. The number of allylic oxidation sites excluding steroid dienone is 2. The van der Waals surface area contributed by atoms with Crippen LogP contribution in [0, 0.1) is 20.8 Å². The highest BCUT2D eigenvalue weighted by molar-refractivity contribution is 6.36. The lowest BCUT2D eigenvalue weighted by Crippen LogP contribution is -3.00. The van der Waals surface area contributed by atoms with Gasteiger partial charge in [0.05, 0.1) is 0 Å². The number of rotatable bonds is 3. The van der Waals surface area contributed by atoms with Crippen LogP contribution >= 0.6 is 0 Å². The molecule has 1 N–H and O–H groups in total. The number of anilines is 1. The van der Waals surface area contributed by atoms with Gasteiger partial charge in [0.15, 0.2) is 18.1 Å². The molecule has 0 amide bonds. The number of nitrogens with zero attached hydrogens (tertiary/aromatic N) is 1. The molecule has 4 nitrogen and oxygen atoms in total. The summed E-state index contributed by atoms with van der Waals surface area (Å²) in [5.41, 5.74) is 5.34. The maximum absolute atomic E-state index is 13.4. The van der Waals surface area contributed by atoms with E-state index in [0.717, 1.165) is 22.4 Å². The topological polar surface area (TPSA) is 50.1 Å². The van der Waals surface area contributed by atoms with Crippen molar-refractivity contribution in [2.75, 3.05) is 5.32 Å². The smallest absolute Gasteiger partial charge is 0.286 e. The van der Waals surface area contributed by atoms with Crippen LogP contribution in [0.25, 0.3) is 5.70 Å². The molecular weight excluding hydrogens is 475 g/mol. The summed E-state index contributed by atoms with van der Waals surface area (Å²) in [4.78, 5) is 26.7. The number of aromatic nitrogens is 1. The van der Waals surface area contributed by atoms with Gasteiger partial charge in [0, 0.05) is 27.9 Å². The monoisotopic (exact) mass is 496 g/mol. The Morgan fingerprint density at radius 2 is 1.31 bits per heavy atom. The highest BCUT2D eigenvalue weighted by Gasteiger charge is 2.38. The van der Waals surface area contributed by atoms with E-state index in [1.165, 1.54) is 0 Å². The third-order valence-electron chi connectivity index (χ3n) is 4.90. The summed E-state index contributed by atoms with van der Waals surface area (Å²) in [6.07, 6.45) is 3.75. The Hall–Kier alpha value is -2.80. The van der Waals surface area contributed by atoms with E-state index in [9.17, 15) is 9.59 Å². The van der Waals surface area contributed by atoms with E-state index in [2.05, 4.69) is 5.32 Å². The number of hydrogen-bond donors (Lipinski definition) is 1. The molecule has 0 saturated heterocycles. The molecule has 0 atom stereocenters. The van der Waals surface area contributed by atoms with E-state index in [1.54, 1.807) is 28.8 Å². The molecule has 0 radical (unpaired) electrons. The molecule has 4 rings (SSSR count). The average molecular weight is 496 g/mol. The fraction of sp³-hybridized carbons (Fsp3) is 0.125. The Balaban J connectivity index is 0.00000240. The first kappa shape index (κ1) is 20.9. The van der Waals surface area contributed by atoms with E-state index in [0.29, 0.717) is 22.5 Å². The third kappa shape index (κ3) is 3.87. The number of ketones is 2. The van der Waals surface area contributed by atoms with Crippen LogP contribution in [-0.4, -0.2) is 11.6 Å². The van der Waals surface area contributed by atoms with Crippen molar-refractivity contribution in [3.05, 3.63) is 101 Å². The fourth-order valence-electron chi connectivity index (χ4n) is 3.61. The number of carbonyl (C=O) groups is 2. The van der Waals surface area contributed by atoms with Crippen molar-refractivity contribution in [3.63, 3.8) is 0 Å². The van der Waals surface area contributed by atoms with Crippen LogP contribution in [0.15, 0.2) is 72.7 Å². The number of pyridine rings is 1. The maximum Gasteiger partial charge on any atom is 0.286 e. The van der Waals surface area contributed by atoms with Crippen LogP contribution < -0.4 is 33.9 Å². The molecule has 3 aromatic rings. The van der Waals surface area contributed by atoms with Crippen LogP contribution in [0.3, 0.4) is 0 Å². The third-order valence-corrected chi connectivity index (χ3v) is 4.90. The van der Waals surface area contributed by atoms with Crippen molar-refractivity contribution in [3.8, 4) is 0 Å². The number of nitrogens with one attached hydrogen (secondary N) is 1. The van der Waals surface area contributed by atoms with Gasteiger partial charge >= 0.3 is 0 Å². The molecular formula is C24H21IN2O2. The minimum Gasteiger partial charge on any atom is -1.00 e. The van der Waals surface area contributed by atoms with Crippen LogP contribution in [0.4, 0.5) is 5.69 Å². The van der Waals surface area contributed by atoms with Gasteiger partial charge in [-0.05, 0) is 38.5 Å². The predicted molar refractivity (Wildman–Crippen MR) is 109 cm³/mol. The van der Waals surface area contributed by atoms with E-state index in [4.69, 9.17) is 0 Å². The highest BCUT2D eigenvalue weighted by Crippen LogP contribution is 2.28. The average Bonchev–Trinajstić information content (AvgIpc) is 2.67. The molecule has 1 heterocycles. The molecule has 0 bridgehead atoms. The molecule has 5 heteroatoms. The standard InChI is InChI=1S/C24H20N2O2.HI/c1-15-12-16(2)14-26(13-15)22-21(25-20-11-7-4-8-17(20)3)23(27)18-9-5-6-10-19(18)24(22)28;/h4-14H,1-3H3;1H. The summed E-state index contributed by atoms with van der Waals surface area (Å²) >= 11 is 0. The van der Waals surface area contributed by atoms with Crippen molar-refractivity contribution < 1.29 is 38.1 Å². The first-order valence-electron chi connectivity index (χ1n) is 9.21. The Labute approximate surface area is 187 Å². The molecule has 0 unspecified atom stereocenters. The van der Waals surface area contributed by atoms with E-state index in [1.807, 2.05) is 63.5 Å². The number of halogens is 1. The summed E-state index contributed by atoms with van der Waals surface area (Å²) in [7, 11) is 0. The van der Waals surface area contributed by atoms with Gasteiger partial charge in [-0.2, -0.15) is 4.57 Å². The number of fused-ring (bicyclic) bond motifs is 1. The molecule has 0 saturated carbocycles. The van der Waals surface area contributed by atoms with Gasteiger partial charge in [-0.25, -0.2) is 0 Å². The zero-order valence-corrected chi connectivity index (χ0v) is 18.7. The number of carbonyl (C=O) groups excluding carboxylic acids is 2. The number of hydrogen-bond acceptors (Lipinski definition) is 3. The second-order valence-corrected chi connectivity index (χ2v) is 7.17. The number of para-hydroxylation sites is 1. The molecule has 1 aromatic heterocycles. The first-order valence-corrected chi connectivity index (χ1v) is 9.21. The summed E-state index contributed by atoms with van der Waals surface area (Å²) in [5.74, 6) is -0.346. The molecule has 0 aliphatic heterocycles. The quantitative estimate of drug-likeness (QED) is 0.439. The number of aryl methyl sites for hydroxylation is 3. The molecule has 29 heavy (non-hydrogen) atoms. The second kappa shape index (κ2) is 8.29. The van der Waals surface area contributed by atoms with Gasteiger partial charge in [-0.3, -0.25) is 9.59 Å². The van der Waals surface area contributed by atoms with Crippen LogP contribution in [0.5, 0.6) is 0 Å². The zero-order valence-electron chi connectivity index (χ0n) is 16.5. The van der Waals surface area contributed by atoms with Crippen LogP contribution in [0.2, 0.25) is 0 Å². The largest absolute Gasteiger partial charge is 1.00 e. The van der Waals surface area contributed by atoms with Gasteiger partial charge in [-0.1, -0.05) is 42.5 Å². The Morgan fingerprint density at radius 1 is 0.759 bits per heavy atom. The van der Waals surface area contributed by atoms with Gasteiger partial charge in [0.25, 0.3) is 11.5 Å². The molecule has 2 aromatic carbocycles. The summed E-state index contributed by atoms with van der Waals surface area (Å²) in [5, 5.41) is 3.25. The van der Waals surface area contributed by atoms with E-state index < -0.39 is 0 Å². The van der Waals surface area contributed by atoms with Crippen LogP contribution in [-0.2, 0) is 0 Å². The van der Waals surface area contributed by atoms with Gasteiger partial charge < -0.3 is 29.3 Å². The van der Waals surface area contributed by atoms with Gasteiger partial charge in [0.2, 0.25) is 5.78 Å². The molecule has 0 fully saturated rings. The van der Waals surface area contributed by atoms with Crippen molar-refractivity contribution in [1.29, 1.82) is 0 Å². The Bertz CT molecular complexity index is 1140. The summed E-state index contributed by atoms with van der Waals surface area (Å²) in [6, 6.07) is 16.7. The second-order valence-electron chi connectivity index (χ2n) is 7.17. The molecule has 1 aliphatic rings. The van der Waals surface area contributed by atoms with Gasteiger partial charge in [-0.15, -0.1) is 0 Å². The van der Waals surface area contributed by atoms with Crippen molar-refractivity contribution >= 4 is 23.0 Å². The highest BCUT2D eigenvalue weighted by atomic mass is 127. The zero-order chi connectivity index (χ0) is 19.8. The maximum atomic E-state index is 13.4. The minimum absolute atomic E-state index is 0. The van der Waals surface area contributed by atoms with Crippen molar-refractivity contribution in [2.45, 2.75) is 20.8 Å². The fourth-order valence-corrected chi connectivity index (χ4v) is 3.61. The minimum atomic E-state index is -0.180. The van der Waals surface area contributed by atoms with Gasteiger partial charge in [0.1, 0.15) is 0 Å². The molecule has 0 spiro atoms. The molecule has 1 aliphatic carbocycles. The normalized spacial score (nSPS) is 13.1. The first-order chi connectivity index (χ1) is 13.5. The lowest BCUT2D eigenvalue weighted by atomic mass is 9.89. The Kier molecular flexibility index (Phi) is 5.98. The lowest BCUT2D eigenvalue weighted by Gasteiger charge is -2.19. The predicted octanol–water partition coefficient (Wildman–Crippen LogP) is 1.26. The van der Waals surface area contributed by atoms with E-state index in [-0.39, 0.29) is 35.5 Å². The van der Waals surface area contributed by atoms with Crippen molar-refractivity contribution in [2.24, 2.45) is 0 Å². The van der Waals surface area contributed by atoms with Crippen LogP contribution in [0.1, 0.15) is 37.4 Å². The Morgan fingerprint density at radius 3 is 1.93 bits per heavy atom. The number of benzene rings is 2. The SMILES string of the molecule is Cc1cc(C)c[n+](C2=C(Nc3ccccc3C)C(=O)c3ccccc3C2=O)c1.[I-]. The molecule has 146 valence electrons. The van der Waals surface area contributed by atoms with E-state index >= 15 is 0 Å². The van der Waals surface area contributed by atoms with Crippen molar-refractivity contribution in [1.82, 2.24) is 0 Å². The summed E-state index contributed by atoms with van der Waals surface area (Å²) < 4.78 is 1.77. The lowest BCUT2D eigenvalue weighted by molar-refractivity contribution is -0.578.